The van der Waals surface area contributed by atoms with Crippen LogP contribution < -0.4 is 5.32 Å². The lowest BCUT2D eigenvalue weighted by molar-refractivity contribution is 0.0946. The number of hydrogen-bond donors (Lipinski definition) is 1. The summed E-state index contributed by atoms with van der Waals surface area (Å²) in [5.74, 6) is -0.573. The van der Waals surface area contributed by atoms with Gasteiger partial charge >= 0.3 is 0 Å². The van der Waals surface area contributed by atoms with E-state index in [-0.39, 0.29) is 11.7 Å². The maximum Gasteiger partial charge on any atom is 0.262 e. The molecule has 6 heteroatoms. The average Bonchev–Trinajstić information content (AvgIpc) is 2.97. The molecule has 0 saturated heterocycles. The molecule has 0 radical (unpaired) electrons. The molecule has 0 fully saturated rings. The van der Waals surface area contributed by atoms with E-state index >= 15 is 0 Å². The van der Waals surface area contributed by atoms with Crippen LogP contribution in [0.5, 0.6) is 0 Å². The Morgan fingerprint density at radius 3 is 2.77 bits per heavy atom. The molecule has 0 saturated carbocycles. The molecule has 1 aromatic heterocycles. The molecule has 0 aliphatic rings. The molecule has 1 N–H and O–H groups in total. The van der Waals surface area contributed by atoms with Gasteiger partial charge in [-0.1, -0.05) is 41.9 Å². The van der Waals surface area contributed by atoms with Gasteiger partial charge in [-0.05, 0) is 36.6 Å². The number of fused-ring (bicyclic) bond motifs is 1. The van der Waals surface area contributed by atoms with Gasteiger partial charge in [0.2, 0.25) is 0 Å². The van der Waals surface area contributed by atoms with Gasteiger partial charge < -0.3 is 10.1 Å². The van der Waals surface area contributed by atoms with Crippen molar-refractivity contribution in [2.75, 3.05) is 19.8 Å². The first kappa shape index (κ1) is 18.8. The highest BCUT2D eigenvalue weighted by Gasteiger charge is 2.17. The molecular formula is C20H19ClFNO2S. The number of thiophene rings is 1. The Morgan fingerprint density at radius 1 is 1.15 bits per heavy atom. The molecule has 0 aliphatic carbocycles. The Balaban J connectivity index is 1.40. The van der Waals surface area contributed by atoms with Gasteiger partial charge in [0.1, 0.15) is 10.7 Å². The Bertz CT molecular complexity index is 882. The van der Waals surface area contributed by atoms with Gasteiger partial charge in [0.25, 0.3) is 5.91 Å². The Morgan fingerprint density at radius 2 is 1.96 bits per heavy atom. The third-order valence-electron chi connectivity index (χ3n) is 3.93. The van der Waals surface area contributed by atoms with E-state index < -0.39 is 0 Å². The van der Waals surface area contributed by atoms with E-state index in [1.165, 1.54) is 29.0 Å². The van der Waals surface area contributed by atoms with Crippen LogP contribution in [-0.2, 0) is 11.2 Å². The molecule has 0 bridgehead atoms. The fraction of sp³-hybridized carbons (Fsp3) is 0.250. The zero-order chi connectivity index (χ0) is 18.4. The van der Waals surface area contributed by atoms with Crippen LogP contribution in [0.15, 0.2) is 48.5 Å². The quantitative estimate of drug-likeness (QED) is 0.544. The largest absolute Gasteiger partial charge is 0.381 e. The lowest BCUT2D eigenvalue weighted by atomic mass is 10.2. The van der Waals surface area contributed by atoms with Crippen LogP contribution in [0.25, 0.3) is 10.1 Å². The fourth-order valence-electron chi connectivity index (χ4n) is 2.58. The van der Waals surface area contributed by atoms with E-state index in [0.717, 1.165) is 12.8 Å². The second-order valence-electron chi connectivity index (χ2n) is 5.84. The van der Waals surface area contributed by atoms with E-state index in [4.69, 9.17) is 16.3 Å². The summed E-state index contributed by atoms with van der Waals surface area (Å²) in [7, 11) is 0. The highest BCUT2D eigenvalue weighted by molar-refractivity contribution is 7.21. The van der Waals surface area contributed by atoms with Crippen molar-refractivity contribution in [1.82, 2.24) is 5.32 Å². The normalized spacial score (nSPS) is 11.0. The van der Waals surface area contributed by atoms with E-state index in [1.807, 2.05) is 18.2 Å². The first-order valence-electron chi connectivity index (χ1n) is 8.42. The fourth-order valence-corrected chi connectivity index (χ4v) is 4.04. The predicted octanol–water partition coefficient (Wildman–Crippen LogP) is 5.07. The summed E-state index contributed by atoms with van der Waals surface area (Å²) in [6.07, 6.45) is 1.60. The van der Waals surface area contributed by atoms with Gasteiger partial charge in [-0.15, -0.1) is 11.3 Å². The number of carbonyl (C=O) groups is 1. The summed E-state index contributed by atoms with van der Waals surface area (Å²) in [5, 5.41) is 3.92. The van der Waals surface area contributed by atoms with Crippen molar-refractivity contribution in [2.24, 2.45) is 0 Å². The maximum atomic E-state index is 13.3. The lowest BCUT2D eigenvalue weighted by Crippen LogP contribution is -2.24. The van der Waals surface area contributed by atoms with Gasteiger partial charge in [-0.25, -0.2) is 4.39 Å². The Kier molecular flexibility index (Phi) is 6.61. The predicted molar refractivity (Wildman–Crippen MR) is 105 cm³/mol. The molecule has 26 heavy (non-hydrogen) atoms. The van der Waals surface area contributed by atoms with Gasteiger partial charge in [0, 0.05) is 23.2 Å². The van der Waals surface area contributed by atoms with Crippen molar-refractivity contribution in [3.05, 3.63) is 69.8 Å². The Hall–Kier alpha value is -1.95. The summed E-state index contributed by atoms with van der Waals surface area (Å²) >= 11 is 7.45. The molecule has 2 aromatic carbocycles. The second kappa shape index (κ2) is 9.12. The molecule has 136 valence electrons. The van der Waals surface area contributed by atoms with Crippen molar-refractivity contribution in [2.45, 2.75) is 12.8 Å². The minimum absolute atomic E-state index is 0.235. The second-order valence-corrected chi connectivity index (χ2v) is 7.27. The summed E-state index contributed by atoms with van der Waals surface area (Å²) < 4.78 is 19.6. The van der Waals surface area contributed by atoms with Crippen LogP contribution in [0.4, 0.5) is 4.39 Å². The number of amides is 1. The molecule has 1 heterocycles. The third kappa shape index (κ3) is 4.81. The number of carbonyl (C=O) groups excluding carboxylic acids is 1. The van der Waals surface area contributed by atoms with Crippen LogP contribution >= 0.6 is 22.9 Å². The molecule has 0 unspecified atom stereocenters. The minimum atomic E-state index is -0.338. The van der Waals surface area contributed by atoms with E-state index in [1.54, 1.807) is 6.07 Å². The number of halogens is 2. The van der Waals surface area contributed by atoms with Crippen molar-refractivity contribution in [3.63, 3.8) is 0 Å². The number of ether oxygens (including phenoxy) is 1. The van der Waals surface area contributed by atoms with Gasteiger partial charge in [-0.2, -0.15) is 0 Å². The maximum absolute atomic E-state index is 13.3. The van der Waals surface area contributed by atoms with Crippen LogP contribution in [0.3, 0.4) is 0 Å². The van der Waals surface area contributed by atoms with E-state index in [0.29, 0.717) is 39.7 Å². The first-order valence-corrected chi connectivity index (χ1v) is 9.62. The van der Waals surface area contributed by atoms with Crippen molar-refractivity contribution < 1.29 is 13.9 Å². The van der Waals surface area contributed by atoms with Crippen molar-refractivity contribution in [1.29, 1.82) is 0 Å². The van der Waals surface area contributed by atoms with Gasteiger partial charge in [-0.3, -0.25) is 4.79 Å². The molecule has 0 atom stereocenters. The summed E-state index contributed by atoms with van der Waals surface area (Å²) in [4.78, 5) is 12.7. The number of benzene rings is 2. The standard InChI is InChI=1S/C20H19ClFNO2S/c21-18-16-8-7-15(22)13-17(16)26-19(18)20(24)23-10-4-11-25-12-9-14-5-2-1-3-6-14/h1-3,5-8,13H,4,9-12H2,(H,23,24). The average molecular weight is 392 g/mol. The topological polar surface area (TPSA) is 38.3 Å². The minimum Gasteiger partial charge on any atom is -0.381 e. The highest BCUT2D eigenvalue weighted by atomic mass is 35.5. The molecule has 3 aromatic rings. The van der Waals surface area contributed by atoms with Crippen molar-refractivity contribution in [3.8, 4) is 0 Å². The lowest BCUT2D eigenvalue weighted by Gasteiger charge is -2.06. The van der Waals surface area contributed by atoms with Crippen LogP contribution in [0, 0.1) is 5.82 Å². The molecule has 0 aliphatic heterocycles. The summed E-state index contributed by atoms with van der Waals surface area (Å²) in [5.41, 5.74) is 1.25. The molecule has 1 amide bonds. The summed E-state index contributed by atoms with van der Waals surface area (Å²) in [6.45, 7) is 1.74. The number of nitrogens with one attached hydrogen (secondary N) is 1. The Labute approximate surface area is 160 Å². The third-order valence-corrected chi connectivity index (χ3v) is 5.58. The molecule has 3 rings (SSSR count). The number of hydrogen-bond acceptors (Lipinski definition) is 3. The smallest absolute Gasteiger partial charge is 0.262 e. The van der Waals surface area contributed by atoms with Crippen LogP contribution in [0.2, 0.25) is 5.02 Å². The van der Waals surface area contributed by atoms with Crippen LogP contribution in [-0.4, -0.2) is 25.7 Å². The van der Waals surface area contributed by atoms with E-state index in [2.05, 4.69) is 17.4 Å². The molecule has 3 nitrogen and oxygen atoms in total. The molecule has 0 spiro atoms. The van der Waals surface area contributed by atoms with E-state index in [9.17, 15) is 9.18 Å². The zero-order valence-electron chi connectivity index (χ0n) is 14.1. The zero-order valence-corrected chi connectivity index (χ0v) is 15.7. The van der Waals surface area contributed by atoms with Gasteiger partial charge in [0.15, 0.2) is 0 Å². The van der Waals surface area contributed by atoms with Crippen LogP contribution in [0.1, 0.15) is 21.7 Å². The first-order chi connectivity index (χ1) is 12.6. The monoisotopic (exact) mass is 391 g/mol. The molecular weight excluding hydrogens is 373 g/mol. The van der Waals surface area contributed by atoms with Crippen molar-refractivity contribution >= 4 is 38.9 Å². The summed E-state index contributed by atoms with van der Waals surface area (Å²) in [6, 6.07) is 14.5. The SMILES string of the molecule is O=C(NCCCOCCc1ccccc1)c1sc2cc(F)ccc2c1Cl. The number of rotatable bonds is 8. The highest BCUT2D eigenvalue weighted by Crippen LogP contribution is 2.35. The van der Waals surface area contributed by atoms with Gasteiger partial charge in [0.05, 0.1) is 11.6 Å².